The van der Waals surface area contributed by atoms with E-state index >= 15 is 0 Å². The third kappa shape index (κ3) is 4.94. The van der Waals surface area contributed by atoms with Crippen LogP contribution >= 0.6 is 11.8 Å². The van der Waals surface area contributed by atoms with Gasteiger partial charge in [0.1, 0.15) is 36.0 Å². The molecule has 0 aromatic heterocycles. The maximum absolute atomic E-state index is 13.4. The molecule has 0 saturated carbocycles. The Balaban J connectivity index is 0.00000320. The number of rotatable bonds is 9. The van der Waals surface area contributed by atoms with Gasteiger partial charge >= 0.3 is 5.97 Å². The van der Waals surface area contributed by atoms with Crippen molar-refractivity contribution in [1.82, 2.24) is 10.2 Å². The molecule has 2 atom stereocenters. The number of fused-ring (bicyclic) bond motifs is 4. The zero-order valence-corrected chi connectivity index (χ0v) is 23.6. The number of β-lactam (4-membered cyclic amide) rings is 1. The monoisotopic (exact) mass is 642 g/mol. The van der Waals surface area contributed by atoms with Gasteiger partial charge in [0, 0.05) is 30.6 Å². The molecule has 4 saturated heterocycles. The number of piperidine rings is 3. The molecule has 0 aliphatic carbocycles. The van der Waals surface area contributed by atoms with Gasteiger partial charge in [-0.15, -0.1) is 11.8 Å². The second kappa shape index (κ2) is 10.8. The summed E-state index contributed by atoms with van der Waals surface area (Å²) in [7, 11) is 1.59. The first-order chi connectivity index (χ1) is 17.3. The Bertz CT molecular complexity index is 1100. The molecule has 6 rings (SSSR count). The number of nitrogens with zero attached hydrogens (tertiary/aromatic N) is 2. The van der Waals surface area contributed by atoms with Crippen molar-refractivity contribution in [1.29, 1.82) is 0 Å². The lowest BCUT2D eigenvalue weighted by atomic mass is 9.70. The average molecular weight is 643 g/mol. The molecule has 2 bridgehead atoms. The molecule has 0 unspecified atom stereocenters. The van der Waals surface area contributed by atoms with Crippen LogP contribution in [0.4, 0.5) is 0 Å². The third-order valence-electron chi connectivity index (χ3n) is 8.26. The fourth-order valence-electron chi connectivity index (χ4n) is 5.90. The number of methoxy groups -OCH3 is 1. The zero-order chi connectivity index (χ0) is 25.5. The molecule has 5 heterocycles. The van der Waals surface area contributed by atoms with Gasteiger partial charge < -0.3 is 49.0 Å². The number of nitrogens with two attached hydrogens (primary N) is 1. The lowest BCUT2D eigenvalue weighted by Gasteiger charge is -2.55. The predicted molar refractivity (Wildman–Crippen MR) is 131 cm³/mol. The Morgan fingerprint density at radius 3 is 2.43 bits per heavy atom. The lowest BCUT2D eigenvalue weighted by Crippen LogP contribution is -3.00. The van der Waals surface area contributed by atoms with E-state index in [1.807, 2.05) is 12.1 Å². The first-order valence-electron chi connectivity index (χ1n) is 12.1. The Kier molecular flexibility index (Phi) is 8.10. The van der Waals surface area contributed by atoms with Gasteiger partial charge in [-0.3, -0.25) is 19.3 Å². The number of esters is 1. The number of amides is 3. The van der Waals surface area contributed by atoms with Crippen LogP contribution in [-0.4, -0.2) is 84.0 Å². The smallest absolute Gasteiger partial charge is 0.355 e. The van der Waals surface area contributed by atoms with E-state index < -0.39 is 17.4 Å². The van der Waals surface area contributed by atoms with Crippen molar-refractivity contribution in [3.8, 4) is 5.75 Å². The number of nitrogens with one attached hydrogen (secondary N) is 1. The first kappa shape index (κ1) is 27.7. The molecular formula is C25H31IN4O6S. The minimum absolute atomic E-state index is 0. The number of hydrogen-bond donors (Lipinski definition) is 2. The minimum Gasteiger partial charge on any atom is -1.00 e. The summed E-state index contributed by atoms with van der Waals surface area (Å²) < 4.78 is 11.6. The van der Waals surface area contributed by atoms with E-state index in [2.05, 4.69) is 5.32 Å². The quantitative estimate of drug-likeness (QED) is 0.100. The summed E-state index contributed by atoms with van der Waals surface area (Å²) in [4.78, 5) is 50.9. The number of quaternary nitrogens is 1. The minimum atomic E-state index is -0.647. The van der Waals surface area contributed by atoms with Gasteiger partial charge in [-0.1, -0.05) is 12.1 Å². The van der Waals surface area contributed by atoms with Crippen molar-refractivity contribution >= 4 is 36.0 Å². The number of ether oxygens (including phenoxy) is 2. The van der Waals surface area contributed by atoms with E-state index in [1.165, 1.54) is 4.90 Å². The van der Waals surface area contributed by atoms with Crippen molar-refractivity contribution < 1.29 is 57.1 Å². The standard InChI is InChI=1S/C25H30N4O6S.HI/c1-34-18-4-2-16(3-5-18)13-35-23(32)20-17(14-36-22-19(27-15-30)21(31)28(20)22)12-29-9-6-25(7-10-29,8-11-29)24(26)33;/h2-5,15,19,22H,6-14H2,1H3,(H2-,26,27,30,33);1H/t19-,22+,25?,29?;/m1./s1. The average Bonchev–Trinajstić information content (AvgIpc) is 2.91. The molecule has 0 radical (unpaired) electrons. The molecule has 5 aliphatic heterocycles. The number of hydrogen-bond acceptors (Lipinski definition) is 7. The summed E-state index contributed by atoms with van der Waals surface area (Å²) in [6.07, 6.45) is 2.76. The Labute approximate surface area is 236 Å². The second-order valence-electron chi connectivity index (χ2n) is 10.1. The Morgan fingerprint density at radius 2 is 1.86 bits per heavy atom. The first-order valence-corrected chi connectivity index (χ1v) is 13.2. The van der Waals surface area contributed by atoms with Crippen LogP contribution in [0.1, 0.15) is 24.8 Å². The maximum atomic E-state index is 13.4. The van der Waals surface area contributed by atoms with Gasteiger partial charge in [-0.05, 0) is 17.7 Å². The number of benzene rings is 1. The van der Waals surface area contributed by atoms with Crippen LogP contribution in [0.3, 0.4) is 0 Å². The molecule has 12 heteroatoms. The summed E-state index contributed by atoms with van der Waals surface area (Å²) in [6, 6.07) is 6.59. The number of halogens is 1. The van der Waals surface area contributed by atoms with E-state index in [1.54, 1.807) is 31.0 Å². The van der Waals surface area contributed by atoms with Crippen LogP contribution in [0.2, 0.25) is 0 Å². The van der Waals surface area contributed by atoms with Crippen molar-refractivity contribution in [3.63, 3.8) is 0 Å². The summed E-state index contributed by atoms with van der Waals surface area (Å²) in [5.41, 5.74) is 7.30. The molecule has 3 amide bonds. The molecular weight excluding hydrogens is 611 g/mol. The highest BCUT2D eigenvalue weighted by molar-refractivity contribution is 8.00. The molecule has 1 aromatic carbocycles. The number of thioether (sulfide) groups is 1. The molecule has 200 valence electrons. The van der Waals surface area contributed by atoms with E-state index in [0.29, 0.717) is 30.2 Å². The normalized spacial score (nSPS) is 30.0. The van der Waals surface area contributed by atoms with Crippen LogP contribution in [0.15, 0.2) is 35.5 Å². The highest BCUT2D eigenvalue weighted by Crippen LogP contribution is 2.46. The second-order valence-corrected chi connectivity index (χ2v) is 11.2. The fourth-order valence-corrected chi connectivity index (χ4v) is 7.25. The van der Waals surface area contributed by atoms with Crippen LogP contribution < -0.4 is 39.8 Å². The number of primary amides is 1. The van der Waals surface area contributed by atoms with Crippen LogP contribution in [0, 0.1) is 5.41 Å². The van der Waals surface area contributed by atoms with Crippen molar-refractivity contribution in [2.45, 2.75) is 37.3 Å². The lowest BCUT2D eigenvalue weighted by molar-refractivity contribution is -0.940. The topological polar surface area (TPSA) is 128 Å². The molecule has 0 spiro atoms. The highest BCUT2D eigenvalue weighted by atomic mass is 127. The fraction of sp³-hybridized carbons (Fsp3) is 0.520. The zero-order valence-electron chi connectivity index (χ0n) is 20.6. The summed E-state index contributed by atoms with van der Waals surface area (Å²) >= 11 is 1.55. The van der Waals surface area contributed by atoms with E-state index in [0.717, 1.165) is 54.5 Å². The number of carbonyl (C=O) groups is 4. The molecule has 3 N–H and O–H groups in total. The molecule has 5 aliphatic rings. The third-order valence-corrected chi connectivity index (χ3v) is 9.60. The van der Waals surface area contributed by atoms with Crippen molar-refractivity contribution in [3.05, 3.63) is 41.1 Å². The van der Waals surface area contributed by atoms with Gasteiger partial charge in [0.15, 0.2) is 0 Å². The highest BCUT2D eigenvalue weighted by Gasteiger charge is 2.56. The van der Waals surface area contributed by atoms with Gasteiger partial charge in [-0.25, -0.2) is 4.79 Å². The van der Waals surface area contributed by atoms with E-state index in [4.69, 9.17) is 15.2 Å². The Hall–Kier alpha value is -2.32. The van der Waals surface area contributed by atoms with Gasteiger partial charge in [0.2, 0.25) is 12.3 Å². The van der Waals surface area contributed by atoms with Crippen LogP contribution in [-0.2, 0) is 30.5 Å². The van der Waals surface area contributed by atoms with Crippen molar-refractivity contribution in [2.24, 2.45) is 11.1 Å². The largest absolute Gasteiger partial charge is 1.00 e. The SMILES string of the molecule is COc1ccc(COC(=O)C2=C(C[N+]34CCC(C(N)=O)(CC3)CC4)CS[C@H]3[C@H](NC=O)C(=O)N23)cc1.[I-]. The van der Waals surface area contributed by atoms with Crippen LogP contribution in [0.5, 0.6) is 5.75 Å². The summed E-state index contributed by atoms with van der Waals surface area (Å²) in [6.45, 7) is 3.14. The van der Waals surface area contributed by atoms with Crippen LogP contribution in [0.25, 0.3) is 0 Å². The summed E-state index contributed by atoms with van der Waals surface area (Å²) in [5, 5.41) is 2.24. The Morgan fingerprint density at radius 1 is 1.22 bits per heavy atom. The molecule has 10 nitrogen and oxygen atoms in total. The number of carbonyl (C=O) groups excluding carboxylic acids is 4. The van der Waals surface area contributed by atoms with Gasteiger partial charge in [0.05, 0.1) is 32.2 Å². The summed E-state index contributed by atoms with van der Waals surface area (Å²) in [5.74, 6) is 0.220. The predicted octanol–water partition coefficient (Wildman–Crippen LogP) is -2.49. The van der Waals surface area contributed by atoms with E-state index in [-0.39, 0.29) is 47.8 Å². The molecule has 37 heavy (non-hydrogen) atoms. The van der Waals surface area contributed by atoms with Gasteiger partial charge in [0.25, 0.3) is 5.91 Å². The molecule has 1 aromatic rings. The molecule has 4 fully saturated rings. The van der Waals surface area contributed by atoms with E-state index in [9.17, 15) is 19.2 Å². The maximum Gasteiger partial charge on any atom is 0.355 e. The van der Waals surface area contributed by atoms with Gasteiger partial charge in [-0.2, -0.15) is 0 Å². The van der Waals surface area contributed by atoms with Crippen molar-refractivity contribution in [2.75, 3.05) is 39.0 Å².